The van der Waals surface area contributed by atoms with Gasteiger partial charge in [-0.15, -0.1) is 0 Å². The SMILES string of the molecule is O=C1CCC[N]CC[N]1. The molecule has 1 aliphatic rings. The highest BCUT2D eigenvalue weighted by Gasteiger charge is 2.04. The zero-order valence-corrected chi connectivity index (χ0v) is 5.34. The highest BCUT2D eigenvalue weighted by atomic mass is 16.1. The summed E-state index contributed by atoms with van der Waals surface area (Å²) in [5.41, 5.74) is 0. The Hall–Kier alpha value is -0.570. The van der Waals surface area contributed by atoms with E-state index in [1.54, 1.807) is 0 Å². The average Bonchev–Trinajstić information content (AvgIpc) is 1.79. The Morgan fingerprint density at radius 3 is 3.00 bits per heavy atom. The molecule has 0 bridgehead atoms. The Morgan fingerprint density at radius 1 is 1.22 bits per heavy atom. The van der Waals surface area contributed by atoms with Crippen LogP contribution in [0.15, 0.2) is 0 Å². The third-order valence-corrected chi connectivity index (χ3v) is 1.25. The Labute approximate surface area is 54.8 Å². The van der Waals surface area contributed by atoms with E-state index >= 15 is 0 Å². The second-order valence-corrected chi connectivity index (χ2v) is 2.05. The average molecular weight is 126 g/mol. The Balaban J connectivity index is 2.20. The summed E-state index contributed by atoms with van der Waals surface area (Å²) in [6, 6.07) is 0. The van der Waals surface area contributed by atoms with Crippen molar-refractivity contribution < 1.29 is 4.79 Å². The fraction of sp³-hybridized carbons (Fsp3) is 0.833. The lowest BCUT2D eigenvalue weighted by atomic mass is 10.2. The summed E-state index contributed by atoms with van der Waals surface area (Å²) in [4.78, 5) is 10.6. The molecule has 1 rings (SSSR count). The first-order valence-electron chi connectivity index (χ1n) is 3.23. The van der Waals surface area contributed by atoms with Crippen LogP contribution in [-0.2, 0) is 4.79 Å². The lowest BCUT2D eigenvalue weighted by Crippen LogP contribution is -2.27. The van der Waals surface area contributed by atoms with Gasteiger partial charge in [0.05, 0.1) is 6.54 Å². The Morgan fingerprint density at radius 2 is 2.11 bits per heavy atom. The molecule has 0 aromatic rings. The summed E-state index contributed by atoms with van der Waals surface area (Å²) in [5.74, 6) is 0.0462. The minimum absolute atomic E-state index is 0.0462. The van der Waals surface area contributed by atoms with Gasteiger partial charge in [0.25, 0.3) is 0 Å². The monoisotopic (exact) mass is 126 g/mol. The van der Waals surface area contributed by atoms with Gasteiger partial charge < -0.3 is 0 Å². The highest BCUT2D eigenvalue weighted by molar-refractivity contribution is 5.75. The molecule has 3 heteroatoms. The van der Waals surface area contributed by atoms with E-state index < -0.39 is 0 Å². The minimum Gasteiger partial charge on any atom is -0.273 e. The first-order chi connectivity index (χ1) is 4.39. The summed E-state index contributed by atoms with van der Waals surface area (Å²) in [6.45, 7) is 2.16. The van der Waals surface area contributed by atoms with Gasteiger partial charge in [-0.05, 0) is 6.42 Å². The van der Waals surface area contributed by atoms with Crippen molar-refractivity contribution in [3.8, 4) is 0 Å². The topological polar surface area (TPSA) is 45.3 Å². The maximum absolute atomic E-state index is 10.6. The highest BCUT2D eigenvalue weighted by Crippen LogP contribution is 1.90. The van der Waals surface area contributed by atoms with Gasteiger partial charge in [0, 0.05) is 19.5 Å². The molecule has 0 atom stereocenters. The van der Waals surface area contributed by atoms with Crippen LogP contribution in [0.25, 0.3) is 0 Å². The van der Waals surface area contributed by atoms with Crippen molar-refractivity contribution in [2.75, 3.05) is 19.6 Å². The molecule has 0 aliphatic carbocycles. The van der Waals surface area contributed by atoms with Crippen molar-refractivity contribution >= 4 is 5.91 Å². The molecule has 0 spiro atoms. The van der Waals surface area contributed by atoms with E-state index in [9.17, 15) is 4.79 Å². The molecule has 0 saturated carbocycles. The van der Waals surface area contributed by atoms with Gasteiger partial charge in [0.2, 0.25) is 5.91 Å². The van der Waals surface area contributed by atoms with Crippen LogP contribution in [0, 0.1) is 0 Å². The van der Waals surface area contributed by atoms with E-state index in [0.717, 1.165) is 19.5 Å². The smallest absolute Gasteiger partial charge is 0.241 e. The standard InChI is InChI=1S/C6H10N2O/c9-6-2-1-3-7-4-5-8-6/h1-5H2. The Bertz CT molecular complexity index is 93.2. The summed E-state index contributed by atoms with van der Waals surface area (Å²) >= 11 is 0. The van der Waals surface area contributed by atoms with Crippen molar-refractivity contribution in [3.05, 3.63) is 0 Å². The zero-order valence-electron chi connectivity index (χ0n) is 5.34. The lowest BCUT2D eigenvalue weighted by molar-refractivity contribution is -0.121. The molecule has 9 heavy (non-hydrogen) atoms. The third-order valence-electron chi connectivity index (χ3n) is 1.25. The molecule has 0 N–H and O–H groups in total. The second kappa shape index (κ2) is 3.45. The predicted octanol–water partition coefficient (Wildman–Crippen LogP) is -0.484. The maximum atomic E-state index is 10.6. The molecule has 1 saturated heterocycles. The van der Waals surface area contributed by atoms with Crippen LogP contribution in [-0.4, -0.2) is 25.5 Å². The number of carbonyl (C=O) groups is 1. The third kappa shape index (κ3) is 2.46. The molecule has 0 aromatic heterocycles. The van der Waals surface area contributed by atoms with Crippen LogP contribution in [0.4, 0.5) is 0 Å². The molecule has 50 valence electrons. The number of nitrogens with zero attached hydrogens (tertiary/aromatic N) is 2. The van der Waals surface area contributed by atoms with Gasteiger partial charge in [0.15, 0.2) is 0 Å². The quantitative estimate of drug-likeness (QED) is 0.432. The normalized spacial score (nSPS) is 22.0. The Kier molecular flexibility index (Phi) is 2.51. The van der Waals surface area contributed by atoms with E-state index in [0.29, 0.717) is 13.0 Å². The minimum atomic E-state index is 0.0462. The van der Waals surface area contributed by atoms with Gasteiger partial charge in [-0.1, -0.05) is 0 Å². The molecular weight excluding hydrogens is 116 g/mol. The molecule has 3 nitrogen and oxygen atoms in total. The number of hydrogen-bond acceptors (Lipinski definition) is 1. The molecule has 2 radical (unpaired) electrons. The first-order valence-corrected chi connectivity index (χ1v) is 3.23. The van der Waals surface area contributed by atoms with E-state index in [1.807, 2.05) is 0 Å². The van der Waals surface area contributed by atoms with Crippen LogP contribution >= 0.6 is 0 Å². The summed E-state index contributed by atoms with van der Waals surface area (Å²) < 4.78 is 0. The lowest BCUT2D eigenvalue weighted by Gasteiger charge is -2.06. The fourth-order valence-electron chi connectivity index (χ4n) is 0.778. The summed E-state index contributed by atoms with van der Waals surface area (Å²) in [6.07, 6.45) is 1.46. The van der Waals surface area contributed by atoms with Gasteiger partial charge in [0.1, 0.15) is 0 Å². The molecule has 1 aliphatic heterocycles. The molecule has 1 amide bonds. The first kappa shape index (κ1) is 6.55. The fourth-order valence-corrected chi connectivity index (χ4v) is 0.778. The van der Waals surface area contributed by atoms with Crippen LogP contribution in [0.5, 0.6) is 0 Å². The molecular formula is C6H10N2O. The second-order valence-electron chi connectivity index (χ2n) is 2.05. The number of carbonyl (C=O) groups excluding carboxylic acids is 1. The van der Waals surface area contributed by atoms with Crippen molar-refractivity contribution in [1.82, 2.24) is 10.6 Å². The summed E-state index contributed by atoms with van der Waals surface area (Å²) in [7, 11) is 0. The predicted molar refractivity (Wildman–Crippen MR) is 33.1 cm³/mol. The van der Waals surface area contributed by atoms with Gasteiger partial charge in [-0.2, -0.15) is 0 Å². The number of amides is 1. The van der Waals surface area contributed by atoms with Crippen LogP contribution in [0.3, 0.4) is 0 Å². The number of rotatable bonds is 0. The van der Waals surface area contributed by atoms with Gasteiger partial charge >= 0.3 is 0 Å². The molecule has 0 unspecified atom stereocenters. The van der Waals surface area contributed by atoms with Crippen LogP contribution in [0.2, 0.25) is 0 Å². The van der Waals surface area contributed by atoms with E-state index in [4.69, 9.17) is 0 Å². The molecule has 1 fully saturated rings. The van der Waals surface area contributed by atoms with Gasteiger partial charge in [-0.25, -0.2) is 5.32 Å². The van der Waals surface area contributed by atoms with Crippen LogP contribution in [0.1, 0.15) is 12.8 Å². The van der Waals surface area contributed by atoms with E-state index in [2.05, 4.69) is 10.6 Å². The van der Waals surface area contributed by atoms with Crippen LogP contribution < -0.4 is 10.6 Å². The van der Waals surface area contributed by atoms with Crippen molar-refractivity contribution in [2.45, 2.75) is 12.8 Å². The maximum Gasteiger partial charge on any atom is 0.241 e. The number of hydrogen-bond donors (Lipinski definition) is 0. The van der Waals surface area contributed by atoms with Crippen molar-refractivity contribution in [1.29, 1.82) is 0 Å². The van der Waals surface area contributed by atoms with E-state index in [-0.39, 0.29) is 5.91 Å². The summed E-state index contributed by atoms with van der Waals surface area (Å²) in [5, 5.41) is 7.87. The van der Waals surface area contributed by atoms with Crippen molar-refractivity contribution in [2.24, 2.45) is 0 Å². The largest absolute Gasteiger partial charge is 0.273 e. The van der Waals surface area contributed by atoms with Gasteiger partial charge in [-0.3, -0.25) is 10.1 Å². The van der Waals surface area contributed by atoms with E-state index in [1.165, 1.54) is 0 Å². The van der Waals surface area contributed by atoms with Crippen molar-refractivity contribution in [3.63, 3.8) is 0 Å². The molecule has 1 heterocycles. The molecule has 0 aromatic carbocycles. The zero-order chi connectivity index (χ0) is 6.53.